The predicted octanol–water partition coefficient (Wildman–Crippen LogP) is 3.00. The van der Waals surface area contributed by atoms with Crippen molar-refractivity contribution in [2.24, 2.45) is 11.7 Å². The Hall–Kier alpha value is -3.15. The van der Waals surface area contributed by atoms with E-state index in [0.29, 0.717) is 49.6 Å². The number of aromatic nitrogens is 2. The summed E-state index contributed by atoms with van der Waals surface area (Å²) in [6.45, 7) is 6.83. The van der Waals surface area contributed by atoms with Crippen molar-refractivity contribution in [2.45, 2.75) is 51.2 Å². The van der Waals surface area contributed by atoms with Crippen LogP contribution in [0.15, 0.2) is 24.5 Å². The number of primary amides is 1. The number of amides is 3. The minimum absolute atomic E-state index is 0.0101. The molecule has 11 nitrogen and oxygen atoms in total. The Bertz CT molecular complexity index is 1200. The van der Waals surface area contributed by atoms with Gasteiger partial charge in [0.1, 0.15) is 5.69 Å². The molecule has 1 saturated heterocycles. The molecule has 4 rings (SSSR count). The fourth-order valence-electron chi connectivity index (χ4n) is 4.98. The van der Waals surface area contributed by atoms with Gasteiger partial charge in [0, 0.05) is 44.4 Å². The molecule has 2 aromatic rings. The van der Waals surface area contributed by atoms with Crippen LogP contribution in [-0.4, -0.2) is 72.8 Å². The number of ether oxygens (including phenoxy) is 2. The molecule has 1 aromatic heterocycles. The van der Waals surface area contributed by atoms with Crippen molar-refractivity contribution in [3.05, 3.63) is 40.9 Å². The standard InChI is InChI=1S/C27H37ClN6O5/c1-27(2,38-3)15-30-26(37)22-23(24(29)35)34(16-31-22)18-6-4-17(5-7-18)25(36)32-21-14-19(8-9-20(21)28)33-10-12-39-13-11-33/h8-9,14,16-18H,4-7,10-13,15H2,1-3H3,(H2,29,35)(H,30,37)(H,32,36)/t17-,18-. The van der Waals surface area contributed by atoms with Crippen molar-refractivity contribution in [3.8, 4) is 0 Å². The van der Waals surface area contributed by atoms with E-state index >= 15 is 0 Å². The number of hydrogen-bond acceptors (Lipinski definition) is 7. The number of nitrogens with zero attached hydrogens (tertiary/aromatic N) is 3. The number of methoxy groups -OCH3 is 1. The molecule has 2 heterocycles. The van der Waals surface area contributed by atoms with Gasteiger partial charge in [-0.2, -0.15) is 0 Å². The zero-order valence-electron chi connectivity index (χ0n) is 22.7. The molecule has 39 heavy (non-hydrogen) atoms. The summed E-state index contributed by atoms with van der Waals surface area (Å²) >= 11 is 6.40. The Kier molecular flexibility index (Phi) is 9.14. The van der Waals surface area contributed by atoms with Crippen LogP contribution in [0, 0.1) is 5.92 Å². The quantitative estimate of drug-likeness (QED) is 0.428. The SMILES string of the molecule is COC(C)(C)CNC(=O)c1ncn([C@H]2CC[C@H](C(=O)Nc3cc(N4CCOCC4)ccc3Cl)CC2)c1C(N)=O. The Balaban J connectivity index is 1.39. The lowest BCUT2D eigenvalue weighted by Gasteiger charge is -2.30. The fourth-order valence-corrected chi connectivity index (χ4v) is 5.14. The molecule has 1 aliphatic heterocycles. The average Bonchev–Trinajstić information content (AvgIpc) is 3.39. The van der Waals surface area contributed by atoms with E-state index in [4.69, 9.17) is 26.8 Å². The van der Waals surface area contributed by atoms with Gasteiger partial charge in [-0.05, 0) is 57.7 Å². The number of benzene rings is 1. The number of morpholine rings is 1. The third kappa shape index (κ3) is 6.90. The average molecular weight is 561 g/mol. The molecule has 4 N–H and O–H groups in total. The molecule has 1 saturated carbocycles. The Morgan fingerprint density at radius 1 is 1.18 bits per heavy atom. The number of carbonyl (C=O) groups is 3. The smallest absolute Gasteiger partial charge is 0.272 e. The van der Waals surface area contributed by atoms with Crippen LogP contribution in [0.5, 0.6) is 0 Å². The molecular formula is C27H37ClN6O5. The minimum atomic E-state index is -0.724. The van der Waals surface area contributed by atoms with Crippen LogP contribution < -0.4 is 21.3 Å². The summed E-state index contributed by atoms with van der Waals surface area (Å²) in [5, 5.41) is 6.25. The third-order valence-electron chi connectivity index (χ3n) is 7.51. The van der Waals surface area contributed by atoms with Gasteiger partial charge in [0.25, 0.3) is 11.8 Å². The first-order chi connectivity index (χ1) is 18.6. The number of hydrogen-bond donors (Lipinski definition) is 3. The second kappa shape index (κ2) is 12.4. The van der Waals surface area contributed by atoms with Gasteiger partial charge in [-0.25, -0.2) is 4.98 Å². The van der Waals surface area contributed by atoms with Gasteiger partial charge in [0.05, 0.1) is 35.9 Å². The lowest BCUT2D eigenvalue weighted by atomic mass is 9.85. The number of nitrogens with two attached hydrogens (primary N) is 1. The van der Waals surface area contributed by atoms with Crippen molar-refractivity contribution in [3.63, 3.8) is 0 Å². The highest BCUT2D eigenvalue weighted by Crippen LogP contribution is 2.35. The maximum absolute atomic E-state index is 13.1. The van der Waals surface area contributed by atoms with E-state index in [1.54, 1.807) is 17.7 Å². The van der Waals surface area contributed by atoms with Gasteiger partial charge in [0.15, 0.2) is 5.69 Å². The summed E-state index contributed by atoms with van der Waals surface area (Å²) in [4.78, 5) is 44.6. The number of anilines is 2. The van der Waals surface area contributed by atoms with Gasteiger partial charge in [0.2, 0.25) is 5.91 Å². The highest BCUT2D eigenvalue weighted by molar-refractivity contribution is 6.33. The van der Waals surface area contributed by atoms with E-state index in [2.05, 4.69) is 20.5 Å². The van der Waals surface area contributed by atoms with Gasteiger partial charge in [-0.3, -0.25) is 14.4 Å². The highest BCUT2D eigenvalue weighted by Gasteiger charge is 2.32. The van der Waals surface area contributed by atoms with Crippen LogP contribution in [0.4, 0.5) is 11.4 Å². The molecule has 2 fully saturated rings. The van der Waals surface area contributed by atoms with Crippen LogP contribution >= 0.6 is 11.6 Å². The van der Waals surface area contributed by atoms with Crippen molar-refractivity contribution in [1.29, 1.82) is 0 Å². The van der Waals surface area contributed by atoms with Crippen molar-refractivity contribution in [2.75, 3.05) is 50.2 Å². The third-order valence-corrected chi connectivity index (χ3v) is 7.84. The molecular weight excluding hydrogens is 524 g/mol. The number of halogens is 1. The summed E-state index contributed by atoms with van der Waals surface area (Å²) in [6, 6.07) is 5.55. The molecule has 0 bridgehead atoms. The predicted molar refractivity (Wildman–Crippen MR) is 148 cm³/mol. The van der Waals surface area contributed by atoms with Crippen molar-refractivity contribution in [1.82, 2.24) is 14.9 Å². The monoisotopic (exact) mass is 560 g/mol. The van der Waals surface area contributed by atoms with E-state index in [1.807, 2.05) is 26.0 Å². The van der Waals surface area contributed by atoms with Crippen LogP contribution in [0.25, 0.3) is 0 Å². The highest BCUT2D eigenvalue weighted by atomic mass is 35.5. The first-order valence-corrected chi connectivity index (χ1v) is 13.6. The maximum atomic E-state index is 13.1. The van der Waals surface area contributed by atoms with Crippen LogP contribution in [0.1, 0.15) is 66.5 Å². The van der Waals surface area contributed by atoms with E-state index in [1.165, 1.54) is 6.33 Å². The van der Waals surface area contributed by atoms with E-state index in [0.717, 1.165) is 18.8 Å². The molecule has 12 heteroatoms. The summed E-state index contributed by atoms with van der Waals surface area (Å²) in [5.74, 6) is -1.50. The number of rotatable bonds is 9. The zero-order valence-corrected chi connectivity index (χ0v) is 23.4. The van der Waals surface area contributed by atoms with Crippen molar-refractivity contribution >= 4 is 40.7 Å². The molecule has 0 radical (unpaired) electrons. The Morgan fingerprint density at radius 3 is 2.51 bits per heavy atom. The number of carbonyl (C=O) groups excluding carboxylic acids is 3. The number of nitrogens with one attached hydrogen (secondary N) is 2. The number of imidazole rings is 1. The van der Waals surface area contributed by atoms with Gasteiger partial charge in [-0.15, -0.1) is 0 Å². The van der Waals surface area contributed by atoms with Gasteiger partial charge >= 0.3 is 0 Å². The molecule has 1 aromatic carbocycles. The second-order valence-electron chi connectivity index (χ2n) is 10.6. The van der Waals surface area contributed by atoms with Crippen LogP contribution in [-0.2, 0) is 14.3 Å². The minimum Gasteiger partial charge on any atom is -0.378 e. The lowest BCUT2D eigenvalue weighted by Crippen LogP contribution is -2.40. The Labute approximate surface area is 233 Å². The molecule has 3 amide bonds. The normalized spacial score (nSPS) is 19.9. The van der Waals surface area contributed by atoms with Gasteiger partial charge < -0.3 is 35.3 Å². The largest absolute Gasteiger partial charge is 0.378 e. The molecule has 212 valence electrons. The van der Waals surface area contributed by atoms with Crippen molar-refractivity contribution < 1.29 is 23.9 Å². The van der Waals surface area contributed by atoms with Crippen LogP contribution in [0.2, 0.25) is 5.02 Å². The molecule has 2 aliphatic rings. The fraction of sp³-hybridized carbons (Fsp3) is 0.556. The molecule has 1 aliphatic carbocycles. The summed E-state index contributed by atoms with van der Waals surface area (Å²) in [5.41, 5.74) is 6.73. The first-order valence-electron chi connectivity index (χ1n) is 13.2. The first kappa shape index (κ1) is 28.8. The van der Waals surface area contributed by atoms with E-state index in [9.17, 15) is 14.4 Å². The van der Waals surface area contributed by atoms with Gasteiger partial charge in [-0.1, -0.05) is 11.6 Å². The summed E-state index contributed by atoms with van der Waals surface area (Å²) < 4.78 is 12.4. The molecule has 0 atom stereocenters. The topological polar surface area (TPSA) is 141 Å². The lowest BCUT2D eigenvalue weighted by molar-refractivity contribution is -0.121. The van der Waals surface area contributed by atoms with E-state index in [-0.39, 0.29) is 35.8 Å². The second-order valence-corrected chi connectivity index (χ2v) is 11.0. The van der Waals surface area contributed by atoms with E-state index < -0.39 is 17.4 Å². The van der Waals surface area contributed by atoms with Crippen LogP contribution in [0.3, 0.4) is 0 Å². The Morgan fingerprint density at radius 2 is 1.87 bits per heavy atom. The molecule has 0 unspecified atom stereocenters. The summed E-state index contributed by atoms with van der Waals surface area (Å²) in [6.07, 6.45) is 3.97. The summed E-state index contributed by atoms with van der Waals surface area (Å²) in [7, 11) is 1.56. The molecule has 0 spiro atoms. The zero-order chi connectivity index (χ0) is 28.2. The maximum Gasteiger partial charge on any atom is 0.272 e.